The van der Waals surface area contributed by atoms with Gasteiger partial charge in [0.05, 0.1) is 6.61 Å². The maximum absolute atomic E-state index is 5.57. The van der Waals surface area contributed by atoms with Crippen molar-refractivity contribution in [3.63, 3.8) is 0 Å². The fraction of sp³-hybridized carbons (Fsp3) is 1.00. The minimum absolute atomic E-state index is 0.634. The van der Waals surface area contributed by atoms with Gasteiger partial charge >= 0.3 is 0 Å². The van der Waals surface area contributed by atoms with Crippen molar-refractivity contribution in [1.82, 2.24) is 10.2 Å². The molecule has 1 N–H and O–H groups in total. The zero-order valence-electron chi connectivity index (χ0n) is 11.3. The first-order chi connectivity index (χ1) is 7.63. The molecule has 96 valence electrons. The molecule has 3 heteroatoms. The first kappa shape index (κ1) is 13.9. The molecule has 2 unspecified atom stereocenters. The maximum atomic E-state index is 5.57. The Hall–Kier alpha value is -0.120. The van der Waals surface area contributed by atoms with E-state index in [0.29, 0.717) is 12.0 Å². The Bertz CT molecular complexity index is 185. The van der Waals surface area contributed by atoms with Gasteiger partial charge in [-0.15, -0.1) is 0 Å². The summed E-state index contributed by atoms with van der Waals surface area (Å²) in [5, 5.41) is 3.42. The predicted molar refractivity (Wildman–Crippen MR) is 68.7 cm³/mol. The third-order valence-electron chi connectivity index (χ3n) is 3.48. The Kier molecular flexibility index (Phi) is 6.32. The molecule has 0 bridgehead atoms. The van der Waals surface area contributed by atoms with Crippen LogP contribution in [0.25, 0.3) is 0 Å². The molecule has 0 aliphatic carbocycles. The summed E-state index contributed by atoms with van der Waals surface area (Å²) in [6, 6.07) is 0.634. The topological polar surface area (TPSA) is 24.5 Å². The molecule has 1 rings (SSSR count). The van der Waals surface area contributed by atoms with Crippen molar-refractivity contribution in [3.8, 4) is 0 Å². The van der Waals surface area contributed by atoms with Crippen molar-refractivity contribution in [3.05, 3.63) is 0 Å². The Labute approximate surface area is 101 Å². The Morgan fingerprint density at radius 3 is 2.81 bits per heavy atom. The van der Waals surface area contributed by atoms with Crippen LogP contribution in [0.3, 0.4) is 0 Å². The number of nitrogens with one attached hydrogen (secondary N) is 1. The van der Waals surface area contributed by atoms with E-state index in [9.17, 15) is 0 Å². The average molecular weight is 228 g/mol. The lowest BCUT2D eigenvalue weighted by Gasteiger charge is -2.34. The van der Waals surface area contributed by atoms with E-state index in [0.717, 1.165) is 32.1 Å². The molecule has 0 radical (unpaired) electrons. The molecule has 3 nitrogen and oxygen atoms in total. The molecule has 0 amide bonds. The molecule has 0 aromatic rings. The van der Waals surface area contributed by atoms with Crippen molar-refractivity contribution < 1.29 is 4.74 Å². The van der Waals surface area contributed by atoms with Crippen LogP contribution in [0.15, 0.2) is 0 Å². The van der Waals surface area contributed by atoms with Gasteiger partial charge in [0.25, 0.3) is 0 Å². The number of ether oxygens (including phenoxy) is 1. The van der Waals surface area contributed by atoms with E-state index in [4.69, 9.17) is 4.74 Å². The van der Waals surface area contributed by atoms with Crippen molar-refractivity contribution in [2.45, 2.75) is 32.7 Å². The van der Waals surface area contributed by atoms with Crippen molar-refractivity contribution in [1.29, 1.82) is 0 Å². The van der Waals surface area contributed by atoms with Gasteiger partial charge in [-0.3, -0.25) is 0 Å². The second kappa shape index (κ2) is 7.25. The van der Waals surface area contributed by atoms with Gasteiger partial charge in [0, 0.05) is 25.1 Å². The van der Waals surface area contributed by atoms with Gasteiger partial charge in [0.2, 0.25) is 0 Å². The molecule has 1 saturated heterocycles. The molecule has 1 heterocycles. The molecule has 1 aliphatic heterocycles. The number of nitrogens with zero attached hydrogens (tertiary/aromatic N) is 1. The predicted octanol–water partition coefficient (Wildman–Crippen LogP) is 1.59. The summed E-state index contributed by atoms with van der Waals surface area (Å²) >= 11 is 0. The van der Waals surface area contributed by atoms with Crippen molar-refractivity contribution >= 4 is 0 Å². The number of hydrogen-bond donors (Lipinski definition) is 1. The summed E-state index contributed by atoms with van der Waals surface area (Å²) in [5.74, 6) is 1.45. The molecule has 0 aromatic carbocycles. The zero-order valence-corrected chi connectivity index (χ0v) is 11.3. The quantitative estimate of drug-likeness (QED) is 0.747. The highest BCUT2D eigenvalue weighted by Gasteiger charge is 2.25. The maximum Gasteiger partial charge on any atom is 0.0521 e. The van der Waals surface area contributed by atoms with Crippen LogP contribution in [-0.2, 0) is 4.74 Å². The standard InChI is InChI=1S/C13H28N2O/c1-11(2)5-7-15(4)9-12-10-16-8-6-13(12)14-3/h11-14H,5-10H2,1-4H3. The highest BCUT2D eigenvalue weighted by atomic mass is 16.5. The molecule has 0 aromatic heterocycles. The Balaban J connectivity index is 2.27. The second-order valence-corrected chi connectivity index (χ2v) is 5.46. The van der Waals surface area contributed by atoms with Crippen LogP contribution in [0.1, 0.15) is 26.7 Å². The summed E-state index contributed by atoms with van der Waals surface area (Å²) in [7, 11) is 4.29. The van der Waals surface area contributed by atoms with Crippen LogP contribution in [0.5, 0.6) is 0 Å². The molecule has 1 aliphatic rings. The van der Waals surface area contributed by atoms with Crippen LogP contribution in [0.2, 0.25) is 0 Å². The monoisotopic (exact) mass is 228 g/mol. The van der Waals surface area contributed by atoms with Gasteiger partial charge in [0.1, 0.15) is 0 Å². The van der Waals surface area contributed by atoms with E-state index in [1.807, 2.05) is 0 Å². The van der Waals surface area contributed by atoms with Gasteiger partial charge < -0.3 is 15.0 Å². The highest BCUT2D eigenvalue weighted by Crippen LogP contribution is 2.16. The van der Waals surface area contributed by atoms with E-state index in [-0.39, 0.29) is 0 Å². The highest BCUT2D eigenvalue weighted by molar-refractivity contribution is 4.80. The van der Waals surface area contributed by atoms with Gasteiger partial charge in [-0.25, -0.2) is 0 Å². The molecule has 0 saturated carbocycles. The van der Waals surface area contributed by atoms with Crippen LogP contribution in [0.4, 0.5) is 0 Å². The van der Waals surface area contributed by atoms with Crippen LogP contribution in [0, 0.1) is 11.8 Å². The van der Waals surface area contributed by atoms with Crippen LogP contribution < -0.4 is 5.32 Å². The van der Waals surface area contributed by atoms with Crippen molar-refractivity contribution in [2.24, 2.45) is 11.8 Å². The lowest BCUT2D eigenvalue weighted by atomic mass is 9.95. The van der Waals surface area contributed by atoms with Crippen LogP contribution >= 0.6 is 0 Å². The molecular weight excluding hydrogens is 200 g/mol. The Morgan fingerprint density at radius 1 is 1.44 bits per heavy atom. The minimum Gasteiger partial charge on any atom is -0.381 e. The van der Waals surface area contributed by atoms with Gasteiger partial charge in [-0.2, -0.15) is 0 Å². The summed E-state index contributed by atoms with van der Waals surface area (Å²) in [6.07, 6.45) is 2.44. The van der Waals surface area contributed by atoms with Gasteiger partial charge in [0.15, 0.2) is 0 Å². The third-order valence-corrected chi connectivity index (χ3v) is 3.48. The first-order valence-electron chi connectivity index (χ1n) is 6.57. The smallest absolute Gasteiger partial charge is 0.0521 e. The lowest BCUT2D eigenvalue weighted by Crippen LogP contribution is -2.46. The molecule has 2 atom stereocenters. The summed E-state index contributed by atoms with van der Waals surface area (Å²) in [5.41, 5.74) is 0. The zero-order chi connectivity index (χ0) is 12.0. The van der Waals surface area contributed by atoms with E-state index in [2.05, 4.69) is 38.2 Å². The summed E-state index contributed by atoms with van der Waals surface area (Å²) in [4.78, 5) is 2.45. The normalized spacial score (nSPS) is 26.6. The van der Waals surface area contributed by atoms with E-state index < -0.39 is 0 Å². The minimum atomic E-state index is 0.634. The molecule has 1 fully saturated rings. The Morgan fingerprint density at radius 2 is 2.19 bits per heavy atom. The first-order valence-corrected chi connectivity index (χ1v) is 6.57. The van der Waals surface area contributed by atoms with Crippen molar-refractivity contribution in [2.75, 3.05) is 40.4 Å². The SMILES string of the molecule is CNC1CCOCC1CN(C)CCC(C)C. The average Bonchev–Trinajstić information content (AvgIpc) is 2.27. The van der Waals surface area contributed by atoms with E-state index in [1.54, 1.807) is 0 Å². The number of rotatable bonds is 6. The fourth-order valence-corrected chi connectivity index (χ4v) is 2.33. The largest absolute Gasteiger partial charge is 0.381 e. The van der Waals surface area contributed by atoms with Crippen LogP contribution in [-0.4, -0.2) is 51.3 Å². The summed E-state index contributed by atoms with van der Waals surface area (Å²) in [6.45, 7) is 8.75. The van der Waals surface area contributed by atoms with E-state index in [1.165, 1.54) is 13.0 Å². The van der Waals surface area contributed by atoms with Gasteiger partial charge in [-0.1, -0.05) is 13.8 Å². The molecular formula is C13H28N2O. The lowest BCUT2D eigenvalue weighted by molar-refractivity contribution is 0.0213. The van der Waals surface area contributed by atoms with Gasteiger partial charge in [-0.05, 0) is 39.4 Å². The third kappa shape index (κ3) is 4.81. The second-order valence-electron chi connectivity index (χ2n) is 5.46. The molecule has 16 heavy (non-hydrogen) atoms. The summed E-state index contributed by atoms with van der Waals surface area (Å²) < 4.78 is 5.57. The van der Waals surface area contributed by atoms with E-state index >= 15 is 0 Å². The number of hydrogen-bond acceptors (Lipinski definition) is 3. The molecule has 0 spiro atoms. The fourth-order valence-electron chi connectivity index (χ4n) is 2.33.